The second-order valence-corrected chi connectivity index (χ2v) is 5.85. The van der Waals surface area contributed by atoms with Crippen LogP contribution in [0.25, 0.3) is 0 Å². The Hall–Kier alpha value is -1.80. The third-order valence-corrected chi connectivity index (χ3v) is 4.43. The molecule has 0 saturated heterocycles. The minimum absolute atomic E-state index is 0.351. The molecule has 0 heterocycles. The molecule has 0 spiro atoms. The summed E-state index contributed by atoms with van der Waals surface area (Å²) in [4.78, 5) is 0. The topological polar surface area (TPSA) is 32.3 Å². The van der Waals surface area contributed by atoms with Crippen molar-refractivity contribution in [3.05, 3.63) is 65.2 Å². The van der Waals surface area contributed by atoms with Gasteiger partial charge in [-0.25, -0.2) is 0 Å². The van der Waals surface area contributed by atoms with Crippen LogP contribution in [0.4, 0.5) is 0 Å². The van der Waals surface area contributed by atoms with Gasteiger partial charge in [0.15, 0.2) is 0 Å². The first kappa shape index (κ1) is 14.2. The van der Waals surface area contributed by atoms with E-state index in [1.165, 1.54) is 11.1 Å². The quantitative estimate of drug-likeness (QED) is 0.845. The van der Waals surface area contributed by atoms with Crippen LogP contribution in [-0.4, -0.2) is 5.11 Å². The van der Waals surface area contributed by atoms with E-state index < -0.39 is 0 Å². The first-order valence-corrected chi connectivity index (χ1v) is 7.91. The van der Waals surface area contributed by atoms with Crippen molar-refractivity contribution in [3.63, 3.8) is 0 Å². The maximum Gasteiger partial charge on any atom is 0.119 e. The van der Waals surface area contributed by atoms with Crippen LogP contribution in [-0.2, 0) is 6.42 Å². The Bertz CT molecular complexity index is 594. The molecule has 2 nitrogen and oxygen atoms in total. The zero-order valence-electron chi connectivity index (χ0n) is 12.5. The maximum absolute atomic E-state index is 9.98. The standard InChI is InChI=1S/C19H23NO/c1-2-7-17(14-8-4-3-5-9-14)20-18-13-12-16-15(18)10-6-11-19(16)21/h3-6,8-11,17-18,20-21H,2,7,12-13H2,1H3. The number of hydrogen-bond acceptors (Lipinski definition) is 2. The van der Waals surface area contributed by atoms with E-state index in [0.29, 0.717) is 17.8 Å². The summed E-state index contributed by atoms with van der Waals surface area (Å²) in [6.45, 7) is 2.23. The number of phenolic OH excluding ortho intramolecular Hbond substituents is 1. The number of nitrogens with one attached hydrogen (secondary N) is 1. The number of rotatable bonds is 5. The summed E-state index contributed by atoms with van der Waals surface area (Å²) in [5.74, 6) is 0.448. The summed E-state index contributed by atoms with van der Waals surface area (Å²) in [6.07, 6.45) is 4.33. The molecular formula is C19H23NO. The van der Waals surface area contributed by atoms with Crippen LogP contribution in [0, 0.1) is 0 Å². The van der Waals surface area contributed by atoms with E-state index in [0.717, 1.165) is 31.2 Å². The van der Waals surface area contributed by atoms with Crippen molar-refractivity contribution >= 4 is 0 Å². The molecule has 2 atom stereocenters. The van der Waals surface area contributed by atoms with Crippen molar-refractivity contribution in [2.45, 2.75) is 44.7 Å². The van der Waals surface area contributed by atoms with Gasteiger partial charge in [-0.05, 0) is 42.0 Å². The van der Waals surface area contributed by atoms with E-state index in [4.69, 9.17) is 0 Å². The van der Waals surface area contributed by atoms with E-state index in [1.54, 1.807) is 6.07 Å². The van der Waals surface area contributed by atoms with Gasteiger partial charge in [-0.3, -0.25) is 0 Å². The Kier molecular flexibility index (Phi) is 4.26. The van der Waals surface area contributed by atoms with Gasteiger partial charge in [-0.15, -0.1) is 0 Å². The average Bonchev–Trinajstić information content (AvgIpc) is 2.92. The predicted molar refractivity (Wildman–Crippen MR) is 86.4 cm³/mol. The van der Waals surface area contributed by atoms with Gasteiger partial charge in [0, 0.05) is 12.1 Å². The molecule has 0 aliphatic heterocycles. The number of hydrogen-bond donors (Lipinski definition) is 2. The van der Waals surface area contributed by atoms with Crippen LogP contribution < -0.4 is 5.32 Å². The van der Waals surface area contributed by atoms with Gasteiger partial charge in [0.25, 0.3) is 0 Å². The Morgan fingerprint density at radius 1 is 1.14 bits per heavy atom. The monoisotopic (exact) mass is 281 g/mol. The fourth-order valence-corrected chi connectivity index (χ4v) is 3.37. The van der Waals surface area contributed by atoms with Crippen LogP contribution in [0.3, 0.4) is 0 Å². The summed E-state index contributed by atoms with van der Waals surface area (Å²) in [7, 11) is 0. The normalized spacial score (nSPS) is 18.4. The van der Waals surface area contributed by atoms with Crippen molar-refractivity contribution in [1.82, 2.24) is 5.32 Å². The van der Waals surface area contributed by atoms with Gasteiger partial charge in [0.2, 0.25) is 0 Å². The molecule has 2 N–H and O–H groups in total. The van der Waals surface area contributed by atoms with E-state index in [-0.39, 0.29) is 0 Å². The molecule has 2 heteroatoms. The molecule has 0 bridgehead atoms. The van der Waals surface area contributed by atoms with Gasteiger partial charge >= 0.3 is 0 Å². The van der Waals surface area contributed by atoms with E-state index in [1.807, 2.05) is 6.07 Å². The number of fused-ring (bicyclic) bond motifs is 1. The lowest BCUT2D eigenvalue weighted by Crippen LogP contribution is -2.25. The van der Waals surface area contributed by atoms with E-state index in [9.17, 15) is 5.11 Å². The second kappa shape index (κ2) is 6.31. The molecule has 3 rings (SSSR count). The summed E-state index contributed by atoms with van der Waals surface area (Å²) in [5.41, 5.74) is 3.75. The smallest absolute Gasteiger partial charge is 0.119 e. The van der Waals surface area contributed by atoms with Crippen molar-refractivity contribution < 1.29 is 5.11 Å². The molecule has 0 radical (unpaired) electrons. The lowest BCUT2D eigenvalue weighted by Gasteiger charge is -2.24. The summed E-state index contributed by atoms with van der Waals surface area (Å²) in [5, 5.41) is 13.8. The number of aromatic hydroxyl groups is 1. The third-order valence-electron chi connectivity index (χ3n) is 4.43. The molecule has 2 unspecified atom stereocenters. The van der Waals surface area contributed by atoms with Crippen molar-refractivity contribution in [3.8, 4) is 5.75 Å². The predicted octanol–water partition coefficient (Wildman–Crippen LogP) is 4.51. The van der Waals surface area contributed by atoms with Gasteiger partial charge < -0.3 is 10.4 Å². The Labute approximate surface area is 126 Å². The summed E-state index contributed by atoms with van der Waals surface area (Å²) >= 11 is 0. The molecule has 1 aliphatic carbocycles. The minimum atomic E-state index is 0.351. The van der Waals surface area contributed by atoms with Crippen LogP contribution in [0.15, 0.2) is 48.5 Å². The lowest BCUT2D eigenvalue weighted by molar-refractivity contribution is 0.419. The van der Waals surface area contributed by atoms with E-state index in [2.05, 4.69) is 48.6 Å². The van der Waals surface area contributed by atoms with Crippen LogP contribution in [0.2, 0.25) is 0 Å². The van der Waals surface area contributed by atoms with Gasteiger partial charge in [-0.1, -0.05) is 55.8 Å². The SMILES string of the molecule is CCCC(NC1CCc2c(O)cccc21)c1ccccc1. The molecule has 2 aromatic carbocycles. The zero-order chi connectivity index (χ0) is 14.7. The summed E-state index contributed by atoms with van der Waals surface area (Å²) in [6, 6.07) is 17.3. The molecule has 2 aromatic rings. The molecular weight excluding hydrogens is 258 g/mol. The van der Waals surface area contributed by atoms with Crippen molar-refractivity contribution in [2.24, 2.45) is 0 Å². The third kappa shape index (κ3) is 2.96. The fraction of sp³-hybridized carbons (Fsp3) is 0.368. The molecule has 110 valence electrons. The molecule has 0 fully saturated rings. The number of phenols is 1. The van der Waals surface area contributed by atoms with Gasteiger partial charge in [0.1, 0.15) is 5.75 Å². The lowest BCUT2D eigenvalue weighted by atomic mass is 9.99. The zero-order valence-corrected chi connectivity index (χ0v) is 12.5. The summed E-state index contributed by atoms with van der Waals surface area (Å²) < 4.78 is 0. The average molecular weight is 281 g/mol. The number of benzene rings is 2. The minimum Gasteiger partial charge on any atom is -0.508 e. The highest BCUT2D eigenvalue weighted by Gasteiger charge is 2.26. The molecule has 1 aliphatic rings. The Morgan fingerprint density at radius 2 is 1.95 bits per heavy atom. The highest BCUT2D eigenvalue weighted by Crippen LogP contribution is 2.38. The maximum atomic E-state index is 9.98. The highest BCUT2D eigenvalue weighted by atomic mass is 16.3. The Balaban J connectivity index is 1.81. The van der Waals surface area contributed by atoms with Crippen LogP contribution >= 0.6 is 0 Å². The fourth-order valence-electron chi connectivity index (χ4n) is 3.37. The van der Waals surface area contributed by atoms with Crippen LogP contribution in [0.5, 0.6) is 5.75 Å². The van der Waals surface area contributed by atoms with Crippen molar-refractivity contribution in [2.75, 3.05) is 0 Å². The molecule has 0 aromatic heterocycles. The second-order valence-electron chi connectivity index (χ2n) is 5.85. The Morgan fingerprint density at radius 3 is 2.71 bits per heavy atom. The first-order valence-electron chi connectivity index (χ1n) is 7.91. The van der Waals surface area contributed by atoms with Gasteiger partial charge in [-0.2, -0.15) is 0 Å². The van der Waals surface area contributed by atoms with Crippen LogP contribution in [0.1, 0.15) is 55.0 Å². The van der Waals surface area contributed by atoms with Crippen molar-refractivity contribution in [1.29, 1.82) is 0 Å². The molecule has 0 saturated carbocycles. The molecule has 21 heavy (non-hydrogen) atoms. The van der Waals surface area contributed by atoms with E-state index >= 15 is 0 Å². The molecule has 0 amide bonds. The first-order chi connectivity index (χ1) is 10.3. The van der Waals surface area contributed by atoms with Gasteiger partial charge in [0.05, 0.1) is 0 Å². The largest absolute Gasteiger partial charge is 0.508 e. The highest BCUT2D eigenvalue weighted by molar-refractivity contribution is 5.44.